The molecule has 2 amide bonds. The molecule has 4 heterocycles. The van der Waals surface area contributed by atoms with E-state index in [0.29, 0.717) is 35.2 Å². The lowest BCUT2D eigenvalue weighted by molar-refractivity contribution is 0.0396. The van der Waals surface area contributed by atoms with Crippen LogP contribution in [0, 0.1) is 6.92 Å². The molecule has 2 aliphatic rings. The number of piperidine rings is 1. The maximum Gasteiger partial charge on any atom is 0.410 e. The van der Waals surface area contributed by atoms with Crippen molar-refractivity contribution in [1.82, 2.24) is 35.1 Å². The maximum atomic E-state index is 13.0. The molecular formula is C28H30ClN7O3S. The number of H-pyrrole nitrogens is 1. The third-order valence-corrected chi connectivity index (χ3v) is 9.16. The summed E-state index contributed by atoms with van der Waals surface area (Å²) in [6, 6.07) is 13.4. The summed E-state index contributed by atoms with van der Waals surface area (Å²) in [5.74, 6) is 0.0346. The van der Waals surface area contributed by atoms with E-state index >= 15 is 0 Å². The number of likely N-dealkylation sites (tertiary alicyclic amines) is 1. The molecule has 0 aliphatic carbocycles. The number of thiazole rings is 1. The fourth-order valence-corrected chi connectivity index (χ4v) is 6.46. The molecule has 0 saturated carbocycles. The van der Waals surface area contributed by atoms with Gasteiger partial charge in [0.05, 0.1) is 16.1 Å². The van der Waals surface area contributed by atoms with Crippen molar-refractivity contribution in [3.63, 3.8) is 0 Å². The van der Waals surface area contributed by atoms with Crippen LogP contribution in [0.3, 0.4) is 0 Å². The summed E-state index contributed by atoms with van der Waals surface area (Å²) in [7, 11) is 0. The van der Waals surface area contributed by atoms with Crippen LogP contribution in [0.5, 0.6) is 0 Å². The first-order valence-electron chi connectivity index (χ1n) is 13.4. The number of fused-ring (bicyclic) bond motifs is 1. The number of aromatic amines is 1. The third-order valence-electron chi connectivity index (χ3n) is 7.72. The van der Waals surface area contributed by atoms with Crippen LogP contribution in [0.1, 0.15) is 33.8 Å². The Morgan fingerprint density at radius 3 is 2.52 bits per heavy atom. The van der Waals surface area contributed by atoms with Crippen molar-refractivity contribution in [3.8, 4) is 10.6 Å². The molecule has 40 heavy (non-hydrogen) atoms. The summed E-state index contributed by atoms with van der Waals surface area (Å²) in [5.41, 5.74) is 4.02. The van der Waals surface area contributed by atoms with Crippen molar-refractivity contribution in [2.75, 3.05) is 39.3 Å². The molecule has 4 aromatic rings. The maximum absolute atomic E-state index is 13.0. The van der Waals surface area contributed by atoms with Gasteiger partial charge in [-0.3, -0.25) is 14.8 Å². The number of benzene rings is 2. The number of hydrogen-bond acceptors (Lipinski definition) is 8. The molecule has 2 aromatic heterocycles. The van der Waals surface area contributed by atoms with Gasteiger partial charge in [-0.1, -0.05) is 28.9 Å². The summed E-state index contributed by atoms with van der Waals surface area (Å²) >= 11 is 7.53. The quantitative estimate of drug-likeness (QED) is 0.368. The van der Waals surface area contributed by atoms with E-state index in [0.717, 1.165) is 65.7 Å². The number of aromatic nitrogens is 4. The van der Waals surface area contributed by atoms with Crippen molar-refractivity contribution >= 4 is 46.0 Å². The van der Waals surface area contributed by atoms with E-state index < -0.39 is 0 Å². The van der Waals surface area contributed by atoms with Gasteiger partial charge in [-0.2, -0.15) is 0 Å². The number of hydrogen-bond donors (Lipinski definition) is 1. The van der Waals surface area contributed by atoms with E-state index in [-0.39, 0.29) is 18.6 Å². The Kier molecular flexibility index (Phi) is 7.68. The summed E-state index contributed by atoms with van der Waals surface area (Å²) in [4.78, 5) is 37.6. The van der Waals surface area contributed by atoms with Gasteiger partial charge in [-0.05, 0) is 50.1 Å². The number of halogens is 1. The van der Waals surface area contributed by atoms with Crippen LogP contribution >= 0.6 is 22.9 Å². The SMILES string of the molecule is Cc1nc(-c2ccc(Cl)cc2)sc1COC(=O)N1CCN(C2CCN(C(=O)c3ccc4[nH]nnc4c3)CC2)CC1. The van der Waals surface area contributed by atoms with Crippen LogP contribution in [0.2, 0.25) is 5.02 Å². The molecule has 0 unspecified atom stereocenters. The number of nitrogens with one attached hydrogen (secondary N) is 1. The van der Waals surface area contributed by atoms with E-state index in [1.807, 2.05) is 48.2 Å². The number of rotatable bonds is 5. The Hall–Kier alpha value is -3.54. The van der Waals surface area contributed by atoms with E-state index in [1.165, 1.54) is 11.3 Å². The second-order valence-electron chi connectivity index (χ2n) is 10.2. The predicted molar refractivity (Wildman–Crippen MR) is 153 cm³/mol. The van der Waals surface area contributed by atoms with Gasteiger partial charge in [0.2, 0.25) is 0 Å². The average molecular weight is 580 g/mol. The molecule has 208 valence electrons. The van der Waals surface area contributed by atoms with Crippen molar-refractivity contribution in [2.45, 2.75) is 32.4 Å². The number of carbonyl (C=O) groups is 2. The van der Waals surface area contributed by atoms with Crippen LogP contribution in [0.15, 0.2) is 42.5 Å². The molecule has 2 aliphatic heterocycles. The van der Waals surface area contributed by atoms with Crippen LogP contribution in [0.4, 0.5) is 4.79 Å². The van der Waals surface area contributed by atoms with Gasteiger partial charge in [0.1, 0.15) is 17.1 Å². The second kappa shape index (κ2) is 11.5. The van der Waals surface area contributed by atoms with E-state index in [2.05, 4.69) is 25.3 Å². The highest BCUT2D eigenvalue weighted by Crippen LogP contribution is 2.29. The van der Waals surface area contributed by atoms with Gasteiger partial charge in [0.15, 0.2) is 0 Å². The predicted octanol–water partition coefficient (Wildman–Crippen LogP) is 4.60. The third kappa shape index (κ3) is 5.67. The molecule has 10 nitrogen and oxygen atoms in total. The van der Waals surface area contributed by atoms with Crippen molar-refractivity contribution < 1.29 is 14.3 Å². The number of aryl methyl sites for hydroxylation is 1. The summed E-state index contributed by atoms with van der Waals surface area (Å²) in [6.07, 6.45) is 1.55. The lowest BCUT2D eigenvalue weighted by Gasteiger charge is -2.42. The van der Waals surface area contributed by atoms with Crippen molar-refractivity contribution in [3.05, 3.63) is 63.6 Å². The van der Waals surface area contributed by atoms with Gasteiger partial charge >= 0.3 is 6.09 Å². The Bertz CT molecular complexity index is 1510. The fourth-order valence-electron chi connectivity index (χ4n) is 5.36. The zero-order valence-electron chi connectivity index (χ0n) is 22.2. The Labute approximate surface area is 240 Å². The van der Waals surface area contributed by atoms with Crippen molar-refractivity contribution in [1.29, 1.82) is 0 Å². The van der Waals surface area contributed by atoms with Gasteiger partial charge in [-0.15, -0.1) is 16.4 Å². The standard InChI is InChI=1S/C28H30ClN7O3S/c1-18-25(40-26(30-18)19-2-5-21(29)6-3-19)17-39-28(38)36-14-12-34(13-15-36)22-8-10-35(11-9-22)27(37)20-4-7-23-24(16-20)32-33-31-23/h2-7,16,22H,8-15,17H2,1H3,(H,31,32,33). The number of piperazine rings is 1. The smallest absolute Gasteiger partial charge is 0.410 e. The molecule has 0 atom stereocenters. The van der Waals surface area contributed by atoms with Gasteiger partial charge in [0, 0.05) is 61.5 Å². The highest BCUT2D eigenvalue weighted by molar-refractivity contribution is 7.15. The van der Waals surface area contributed by atoms with Crippen LogP contribution in [0.25, 0.3) is 21.6 Å². The topological polar surface area (TPSA) is 108 Å². The molecule has 0 bridgehead atoms. The van der Waals surface area contributed by atoms with Gasteiger partial charge < -0.3 is 14.5 Å². The lowest BCUT2D eigenvalue weighted by atomic mass is 10.0. The zero-order chi connectivity index (χ0) is 27.6. The minimum absolute atomic E-state index is 0.0346. The molecule has 1 N–H and O–H groups in total. The van der Waals surface area contributed by atoms with E-state index in [9.17, 15) is 9.59 Å². The largest absolute Gasteiger partial charge is 0.444 e. The molecule has 2 fully saturated rings. The summed E-state index contributed by atoms with van der Waals surface area (Å²) in [5, 5.41) is 12.2. The Balaban J connectivity index is 0.956. The number of nitrogens with zero attached hydrogens (tertiary/aromatic N) is 6. The van der Waals surface area contributed by atoms with E-state index in [1.54, 1.807) is 11.0 Å². The van der Waals surface area contributed by atoms with Gasteiger partial charge in [-0.25, -0.2) is 9.78 Å². The van der Waals surface area contributed by atoms with E-state index in [4.69, 9.17) is 16.3 Å². The number of amides is 2. The Morgan fingerprint density at radius 1 is 1.02 bits per heavy atom. The molecule has 6 rings (SSSR count). The van der Waals surface area contributed by atoms with Crippen LogP contribution in [-0.2, 0) is 11.3 Å². The zero-order valence-corrected chi connectivity index (χ0v) is 23.7. The van der Waals surface area contributed by atoms with Crippen LogP contribution in [-0.4, -0.2) is 92.4 Å². The average Bonchev–Trinajstić information content (AvgIpc) is 3.62. The van der Waals surface area contributed by atoms with Crippen LogP contribution < -0.4 is 0 Å². The monoisotopic (exact) mass is 579 g/mol. The minimum Gasteiger partial charge on any atom is -0.444 e. The minimum atomic E-state index is -0.287. The normalized spacial score (nSPS) is 16.9. The first-order chi connectivity index (χ1) is 19.4. The second-order valence-corrected chi connectivity index (χ2v) is 11.7. The number of ether oxygens (including phenoxy) is 1. The van der Waals surface area contributed by atoms with Crippen molar-refractivity contribution in [2.24, 2.45) is 0 Å². The highest BCUT2D eigenvalue weighted by atomic mass is 35.5. The lowest BCUT2D eigenvalue weighted by Crippen LogP contribution is -2.54. The summed E-state index contributed by atoms with van der Waals surface area (Å²) < 4.78 is 5.66. The van der Waals surface area contributed by atoms with Gasteiger partial charge in [0.25, 0.3) is 5.91 Å². The molecule has 2 saturated heterocycles. The highest BCUT2D eigenvalue weighted by Gasteiger charge is 2.31. The molecule has 12 heteroatoms. The Morgan fingerprint density at radius 2 is 1.77 bits per heavy atom. The first-order valence-corrected chi connectivity index (χ1v) is 14.6. The first kappa shape index (κ1) is 26.7. The molecule has 0 spiro atoms. The molecule has 2 aromatic carbocycles. The molecular weight excluding hydrogens is 550 g/mol. The number of carbonyl (C=O) groups excluding carboxylic acids is 2. The molecule has 0 radical (unpaired) electrons. The summed E-state index contributed by atoms with van der Waals surface area (Å²) in [6.45, 7) is 6.45. The fraction of sp³-hybridized carbons (Fsp3) is 0.393.